The molecule has 0 amide bonds. The number of hydrogen-bond donors (Lipinski definition) is 0. The van der Waals surface area contributed by atoms with Gasteiger partial charge in [-0.25, -0.2) is 9.79 Å². The Morgan fingerprint density at radius 1 is 1.18 bits per heavy atom. The smallest absolute Gasteiger partial charge is 0.338 e. The maximum absolute atomic E-state index is 13.8. The molecule has 7 nitrogen and oxygen atoms in total. The third kappa shape index (κ3) is 5.30. The van der Waals surface area contributed by atoms with Gasteiger partial charge >= 0.3 is 5.97 Å². The number of carbonyl (C=O) groups excluding carboxylic acids is 1. The Morgan fingerprint density at radius 3 is 2.67 bits per heavy atom. The van der Waals surface area contributed by atoms with Crippen molar-refractivity contribution in [2.75, 3.05) is 13.7 Å². The summed E-state index contributed by atoms with van der Waals surface area (Å²) in [5, 5.41) is 0.600. The quantitative estimate of drug-likeness (QED) is 0.224. The molecular formula is C28H21Br2ClN2O5S. The number of benzene rings is 2. The molecule has 4 aromatic rings. The van der Waals surface area contributed by atoms with Crippen molar-refractivity contribution in [3.63, 3.8) is 0 Å². The molecule has 1 atom stereocenters. The van der Waals surface area contributed by atoms with Crippen LogP contribution in [0, 0.1) is 0 Å². The summed E-state index contributed by atoms with van der Waals surface area (Å²) >= 11 is 14.3. The lowest BCUT2D eigenvalue weighted by Crippen LogP contribution is -2.39. The molecule has 0 bridgehead atoms. The van der Waals surface area contributed by atoms with E-state index in [0.717, 1.165) is 10.0 Å². The number of nitrogens with zero attached hydrogens (tertiary/aromatic N) is 2. The summed E-state index contributed by atoms with van der Waals surface area (Å²) in [5.74, 6) is 1.25. The first kappa shape index (κ1) is 27.6. The van der Waals surface area contributed by atoms with Gasteiger partial charge in [-0.1, -0.05) is 29.0 Å². The van der Waals surface area contributed by atoms with Crippen LogP contribution in [-0.4, -0.2) is 24.3 Å². The standard InChI is InChI=1S/C28H21Br2ClN2O5S/c1-4-37-27(35)24-14(2)32-28-33(25(24)16-6-9-22(36-3)19(30)12-16)26(34)23(39-28)13-17-7-10-21(38-17)15-5-8-20(31)18(29)11-15/h5-13,25H,4H2,1-3H3/b23-13-. The Kier molecular flexibility index (Phi) is 8.00. The van der Waals surface area contributed by atoms with Crippen molar-refractivity contribution in [2.45, 2.75) is 19.9 Å². The summed E-state index contributed by atoms with van der Waals surface area (Å²) in [6, 6.07) is 13.8. The molecule has 0 saturated heterocycles. The molecule has 0 radical (unpaired) electrons. The topological polar surface area (TPSA) is 83.0 Å². The van der Waals surface area contributed by atoms with Crippen LogP contribution in [0.1, 0.15) is 31.2 Å². The van der Waals surface area contributed by atoms with E-state index >= 15 is 0 Å². The number of hydrogen-bond acceptors (Lipinski definition) is 7. The van der Waals surface area contributed by atoms with Crippen LogP contribution < -0.4 is 19.6 Å². The number of methoxy groups -OCH3 is 1. The SMILES string of the molecule is CCOC(=O)C1=C(C)N=c2s/c(=C\c3ccc(-c4ccc(Cl)c(Br)c4)o3)c(=O)n2C1c1ccc(OC)c(Br)c1. The predicted octanol–water partition coefficient (Wildman–Crippen LogP) is 6.25. The molecule has 0 spiro atoms. The van der Waals surface area contributed by atoms with Crippen LogP contribution in [0.25, 0.3) is 17.4 Å². The Morgan fingerprint density at radius 2 is 1.97 bits per heavy atom. The van der Waals surface area contributed by atoms with E-state index in [-0.39, 0.29) is 12.2 Å². The van der Waals surface area contributed by atoms with Gasteiger partial charge in [-0.15, -0.1) is 0 Å². The van der Waals surface area contributed by atoms with Crippen molar-refractivity contribution in [1.29, 1.82) is 0 Å². The number of carbonyl (C=O) groups is 1. The molecule has 11 heteroatoms. The second kappa shape index (κ2) is 11.3. The summed E-state index contributed by atoms with van der Waals surface area (Å²) in [4.78, 5) is 32.0. The van der Waals surface area contributed by atoms with Gasteiger partial charge in [0.2, 0.25) is 0 Å². The van der Waals surface area contributed by atoms with E-state index in [1.54, 1.807) is 45.2 Å². The van der Waals surface area contributed by atoms with E-state index in [9.17, 15) is 9.59 Å². The van der Waals surface area contributed by atoms with Crippen LogP contribution in [0.3, 0.4) is 0 Å². The van der Waals surface area contributed by atoms with Crippen molar-refractivity contribution < 1.29 is 18.7 Å². The monoisotopic (exact) mass is 690 g/mol. The fourth-order valence-corrected chi connectivity index (χ4v) is 6.41. The van der Waals surface area contributed by atoms with Gasteiger partial charge in [0.1, 0.15) is 17.3 Å². The van der Waals surface area contributed by atoms with E-state index in [1.807, 2.05) is 30.3 Å². The maximum Gasteiger partial charge on any atom is 0.338 e. The fraction of sp³-hybridized carbons (Fsp3) is 0.179. The number of fused-ring (bicyclic) bond motifs is 1. The highest BCUT2D eigenvalue weighted by molar-refractivity contribution is 9.10. The zero-order valence-corrected chi connectivity index (χ0v) is 25.7. The largest absolute Gasteiger partial charge is 0.496 e. The second-order valence-corrected chi connectivity index (χ2v) is 11.7. The number of halogens is 3. The van der Waals surface area contributed by atoms with Gasteiger partial charge in [-0.3, -0.25) is 9.36 Å². The molecule has 1 unspecified atom stereocenters. The van der Waals surface area contributed by atoms with Crippen molar-refractivity contribution in [2.24, 2.45) is 4.99 Å². The molecule has 5 rings (SSSR count). The Balaban J connectivity index is 1.64. The highest BCUT2D eigenvalue weighted by Crippen LogP contribution is 2.35. The molecular weight excluding hydrogens is 672 g/mol. The molecule has 200 valence electrons. The van der Waals surface area contributed by atoms with Crippen molar-refractivity contribution in [1.82, 2.24) is 4.57 Å². The Hall–Kier alpha value is -2.92. The number of aromatic nitrogens is 1. The summed E-state index contributed by atoms with van der Waals surface area (Å²) < 4.78 is 20.2. The lowest BCUT2D eigenvalue weighted by Gasteiger charge is -2.25. The fourth-order valence-electron chi connectivity index (χ4n) is 4.32. The van der Waals surface area contributed by atoms with Crippen LogP contribution in [0.5, 0.6) is 5.75 Å². The molecule has 0 N–H and O–H groups in total. The number of rotatable bonds is 6. The summed E-state index contributed by atoms with van der Waals surface area (Å²) in [5.41, 5.74) is 2.05. The molecule has 3 heterocycles. The van der Waals surface area contributed by atoms with E-state index in [4.69, 9.17) is 25.5 Å². The third-order valence-electron chi connectivity index (χ3n) is 6.11. The normalized spacial score (nSPS) is 15.2. The van der Waals surface area contributed by atoms with Crippen molar-refractivity contribution >= 4 is 66.8 Å². The highest BCUT2D eigenvalue weighted by Gasteiger charge is 2.33. The van der Waals surface area contributed by atoms with Crippen LogP contribution in [0.4, 0.5) is 0 Å². The average Bonchev–Trinajstić information content (AvgIpc) is 3.49. The summed E-state index contributed by atoms with van der Waals surface area (Å²) in [7, 11) is 1.57. The summed E-state index contributed by atoms with van der Waals surface area (Å²) in [6.07, 6.45) is 1.68. The van der Waals surface area contributed by atoms with Gasteiger partial charge in [0, 0.05) is 16.1 Å². The molecule has 0 saturated carbocycles. The molecule has 1 aliphatic heterocycles. The zero-order valence-electron chi connectivity index (χ0n) is 21.0. The van der Waals surface area contributed by atoms with Crippen molar-refractivity contribution in [3.05, 3.63) is 105 Å². The van der Waals surface area contributed by atoms with Gasteiger partial charge in [-0.05, 0) is 93.7 Å². The van der Waals surface area contributed by atoms with E-state index in [0.29, 0.717) is 52.9 Å². The number of ether oxygens (including phenoxy) is 2. The number of allylic oxidation sites excluding steroid dienone is 1. The minimum Gasteiger partial charge on any atom is -0.496 e. The maximum atomic E-state index is 13.8. The first-order valence-electron chi connectivity index (χ1n) is 11.8. The molecule has 0 fully saturated rings. The molecule has 39 heavy (non-hydrogen) atoms. The zero-order chi connectivity index (χ0) is 27.8. The van der Waals surface area contributed by atoms with Gasteiger partial charge in [0.05, 0.1) is 45.1 Å². The van der Waals surface area contributed by atoms with Crippen LogP contribution in [-0.2, 0) is 9.53 Å². The molecule has 1 aliphatic rings. The third-order valence-corrected chi connectivity index (χ3v) is 8.93. The van der Waals surface area contributed by atoms with Gasteiger partial charge in [0.25, 0.3) is 5.56 Å². The van der Waals surface area contributed by atoms with E-state index in [1.165, 1.54) is 15.9 Å². The van der Waals surface area contributed by atoms with Crippen molar-refractivity contribution in [3.8, 4) is 17.1 Å². The first-order chi connectivity index (χ1) is 18.7. The summed E-state index contributed by atoms with van der Waals surface area (Å²) in [6.45, 7) is 3.68. The minimum atomic E-state index is -0.733. The Bertz CT molecular complexity index is 1820. The van der Waals surface area contributed by atoms with Crippen LogP contribution >= 0.6 is 54.8 Å². The number of thiazole rings is 1. The highest BCUT2D eigenvalue weighted by atomic mass is 79.9. The molecule has 2 aromatic heterocycles. The Labute approximate surface area is 249 Å². The second-order valence-electron chi connectivity index (χ2n) is 8.53. The van der Waals surface area contributed by atoms with Gasteiger partial charge in [-0.2, -0.15) is 0 Å². The van der Waals surface area contributed by atoms with Gasteiger partial charge < -0.3 is 13.9 Å². The lowest BCUT2D eigenvalue weighted by molar-refractivity contribution is -0.139. The van der Waals surface area contributed by atoms with Crippen LogP contribution in [0.2, 0.25) is 5.02 Å². The van der Waals surface area contributed by atoms with Crippen LogP contribution in [0.15, 0.2) is 83.0 Å². The minimum absolute atomic E-state index is 0.198. The molecule has 2 aromatic carbocycles. The molecule has 0 aliphatic carbocycles. The predicted molar refractivity (Wildman–Crippen MR) is 158 cm³/mol. The first-order valence-corrected chi connectivity index (χ1v) is 14.6. The number of furan rings is 1. The lowest BCUT2D eigenvalue weighted by atomic mass is 9.96. The average molecular weight is 693 g/mol. The van der Waals surface area contributed by atoms with E-state index < -0.39 is 12.0 Å². The number of esters is 1. The van der Waals surface area contributed by atoms with Gasteiger partial charge in [0.15, 0.2) is 4.80 Å². The van der Waals surface area contributed by atoms with E-state index in [2.05, 4.69) is 36.9 Å².